The summed E-state index contributed by atoms with van der Waals surface area (Å²) >= 11 is 5.81. The van der Waals surface area contributed by atoms with Gasteiger partial charge in [0.05, 0.1) is 25.3 Å². The van der Waals surface area contributed by atoms with Gasteiger partial charge in [-0.3, -0.25) is 4.79 Å². The van der Waals surface area contributed by atoms with E-state index >= 15 is 0 Å². The highest BCUT2D eigenvalue weighted by atomic mass is 35.5. The third kappa shape index (κ3) is 2.75. The normalized spacial score (nSPS) is 10.2. The van der Waals surface area contributed by atoms with Crippen LogP contribution in [0.25, 0.3) is 0 Å². The van der Waals surface area contributed by atoms with Crippen molar-refractivity contribution in [3.8, 4) is 11.5 Å². The molecule has 0 aliphatic carbocycles. The molecule has 5 heteroatoms. The third-order valence-corrected chi connectivity index (χ3v) is 3.06. The SMILES string of the molecule is COc1ccc(OC)c(C(=O)c2cc(Cl)ccc2F)c1. The summed E-state index contributed by atoms with van der Waals surface area (Å²) in [7, 11) is 2.92. The van der Waals surface area contributed by atoms with Crippen molar-refractivity contribution >= 4 is 17.4 Å². The molecule has 0 saturated heterocycles. The van der Waals surface area contributed by atoms with Crippen LogP contribution in [0.3, 0.4) is 0 Å². The Morgan fingerprint density at radius 1 is 1.05 bits per heavy atom. The molecule has 0 atom stereocenters. The van der Waals surface area contributed by atoms with Gasteiger partial charge in [0.15, 0.2) is 5.78 Å². The minimum absolute atomic E-state index is 0.107. The lowest BCUT2D eigenvalue weighted by molar-refractivity contribution is 0.103. The Hall–Kier alpha value is -2.07. The van der Waals surface area contributed by atoms with Crippen LogP contribution in [0, 0.1) is 5.82 Å². The summed E-state index contributed by atoms with van der Waals surface area (Å²) < 4.78 is 24.0. The van der Waals surface area contributed by atoms with E-state index < -0.39 is 11.6 Å². The zero-order chi connectivity index (χ0) is 14.7. The molecule has 0 bridgehead atoms. The van der Waals surface area contributed by atoms with Crippen molar-refractivity contribution in [2.45, 2.75) is 0 Å². The first-order valence-corrected chi connectivity index (χ1v) is 6.16. The lowest BCUT2D eigenvalue weighted by Crippen LogP contribution is -2.07. The van der Waals surface area contributed by atoms with E-state index in [-0.39, 0.29) is 16.1 Å². The molecule has 0 aliphatic rings. The number of ketones is 1. The number of carbonyl (C=O) groups excluding carboxylic acids is 1. The van der Waals surface area contributed by atoms with Crippen LogP contribution in [0.1, 0.15) is 15.9 Å². The van der Waals surface area contributed by atoms with Gasteiger partial charge in [-0.15, -0.1) is 0 Å². The number of halogens is 2. The first kappa shape index (κ1) is 14.3. The van der Waals surface area contributed by atoms with Crippen LogP contribution >= 0.6 is 11.6 Å². The van der Waals surface area contributed by atoms with Crippen LogP contribution in [0.5, 0.6) is 11.5 Å². The smallest absolute Gasteiger partial charge is 0.199 e. The van der Waals surface area contributed by atoms with Crippen LogP contribution < -0.4 is 9.47 Å². The largest absolute Gasteiger partial charge is 0.497 e. The average Bonchev–Trinajstić information content (AvgIpc) is 2.48. The van der Waals surface area contributed by atoms with Gasteiger partial charge < -0.3 is 9.47 Å². The van der Waals surface area contributed by atoms with Crippen LogP contribution in [-0.4, -0.2) is 20.0 Å². The van der Waals surface area contributed by atoms with Crippen LogP contribution in [0.15, 0.2) is 36.4 Å². The fourth-order valence-corrected chi connectivity index (χ4v) is 1.98. The summed E-state index contributed by atoms with van der Waals surface area (Å²) in [6.07, 6.45) is 0. The lowest BCUT2D eigenvalue weighted by atomic mass is 10.0. The standard InChI is InChI=1S/C15H12ClFO3/c1-19-10-4-6-14(20-2)12(8-10)15(18)11-7-9(16)3-5-13(11)17/h3-8H,1-2H3. The number of ether oxygens (including phenoxy) is 2. The van der Waals surface area contributed by atoms with Crippen LogP contribution in [-0.2, 0) is 0 Å². The van der Waals surface area contributed by atoms with Gasteiger partial charge in [-0.25, -0.2) is 4.39 Å². The zero-order valence-corrected chi connectivity index (χ0v) is 11.7. The summed E-state index contributed by atoms with van der Waals surface area (Å²) in [4.78, 5) is 12.4. The fourth-order valence-electron chi connectivity index (χ4n) is 1.81. The van der Waals surface area contributed by atoms with Gasteiger partial charge in [-0.1, -0.05) is 11.6 Å². The van der Waals surface area contributed by atoms with Gasteiger partial charge >= 0.3 is 0 Å². The maximum atomic E-state index is 13.8. The molecule has 2 aromatic rings. The molecule has 2 rings (SSSR count). The monoisotopic (exact) mass is 294 g/mol. The Bertz CT molecular complexity index is 656. The Kier molecular flexibility index (Phi) is 4.25. The van der Waals surface area contributed by atoms with Crippen molar-refractivity contribution in [1.82, 2.24) is 0 Å². The molecule has 3 nitrogen and oxygen atoms in total. The maximum absolute atomic E-state index is 13.8. The van der Waals surface area contributed by atoms with Gasteiger partial charge in [-0.2, -0.15) is 0 Å². The molecule has 0 unspecified atom stereocenters. The first-order chi connectivity index (χ1) is 9.56. The molecule has 104 valence electrons. The number of benzene rings is 2. The number of rotatable bonds is 4. The van der Waals surface area contributed by atoms with Gasteiger partial charge in [0, 0.05) is 5.02 Å². The summed E-state index contributed by atoms with van der Waals surface area (Å²) in [5, 5.41) is 0.289. The Morgan fingerprint density at radius 3 is 2.45 bits per heavy atom. The van der Waals surface area contributed by atoms with Crippen molar-refractivity contribution in [3.63, 3.8) is 0 Å². The number of hydrogen-bond acceptors (Lipinski definition) is 3. The van der Waals surface area contributed by atoms with E-state index in [0.717, 1.165) is 6.07 Å². The van der Waals surface area contributed by atoms with E-state index in [9.17, 15) is 9.18 Å². The number of methoxy groups -OCH3 is 2. The summed E-state index contributed by atoms with van der Waals surface area (Å²) in [6, 6.07) is 8.58. The van der Waals surface area contributed by atoms with Crippen molar-refractivity contribution in [2.75, 3.05) is 14.2 Å². The first-order valence-electron chi connectivity index (χ1n) is 5.78. The molecule has 0 N–H and O–H groups in total. The van der Waals surface area contributed by atoms with E-state index in [2.05, 4.69) is 0 Å². The third-order valence-electron chi connectivity index (χ3n) is 2.82. The molecule has 0 spiro atoms. The van der Waals surface area contributed by atoms with Crippen molar-refractivity contribution in [2.24, 2.45) is 0 Å². The molecular weight excluding hydrogens is 283 g/mol. The molecule has 0 radical (unpaired) electrons. The summed E-state index contributed by atoms with van der Waals surface area (Å²) in [5.74, 6) is -0.322. The van der Waals surface area contributed by atoms with Crippen molar-refractivity contribution in [1.29, 1.82) is 0 Å². The molecule has 20 heavy (non-hydrogen) atoms. The maximum Gasteiger partial charge on any atom is 0.199 e. The van der Waals surface area contributed by atoms with E-state index in [1.165, 1.54) is 32.4 Å². The van der Waals surface area contributed by atoms with E-state index in [1.54, 1.807) is 12.1 Å². The van der Waals surface area contributed by atoms with E-state index in [1.807, 2.05) is 0 Å². The molecule has 2 aromatic carbocycles. The molecule has 0 saturated carbocycles. The van der Waals surface area contributed by atoms with Gasteiger partial charge in [-0.05, 0) is 36.4 Å². The molecule has 0 aromatic heterocycles. The second kappa shape index (κ2) is 5.92. The highest BCUT2D eigenvalue weighted by molar-refractivity contribution is 6.31. The lowest BCUT2D eigenvalue weighted by Gasteiger charge is -2.10. The van der Waals surface area contributed by atoms with Crippen LogP contribution in [0.2, 0.25) is 5.02 Å². The van der Waals surface area contributed by atoms with E-state index in [4.69, 9.17) is 21.1 Å². The average molecular weight is 295 g/mol. The number of hydrogen-bond donors (Lipinski definition) is 0. The fraction of sp³-hybridized carbons (Fsp3) is 0.133. The molecule has 0 amide bonds. The Labute approximate surface area is 120 Å². The highest BCUT2D eigenvalue weighted by Crippen LogP contribution is 2.28. The van der Waals surface area contributed by atoms with Crippen molar-refractivity contribution in [3.05, 3.63) is 58.4 Å². The zero-order valence-electron chi connectivity index (χ0n) is 10.9. The predicted molar refractivity (Wildman–Crippen MR) is 74.4 cm³/mol. The minimum atomic E-state index is -0.635. The number of carbonyl (C=O) groups is 1. The molecular formula is C15H12ClFO3. The topological polar surface area (TPSA) is 35.5 Å². The van der Waals surface area contributed by atoms with Gasteiger partial charge in [0.2, 0.25) is 0 Å². The molecule has 0 fully saturated rings. The molecule has 0 heterocycles. The predicted octanol–water partition coefficient (Wildman–Crippen LogP) is 3.73. The van der Waals surface area contributed by atoms with Crippen molar-refractivity contribution < 1.29 is 18.7 Å². The second-order valence-corrected chi connectivity index (χ2v) is 4.46. The van der Waals surface area contributed by atoms with Gasteiger partial charge in [0.25, 0.3) is 0 Å². The van der Waals surface area contributed by atoms with E-state index in [0.29, 0.717) is 11.5 Å². The second-order valence-electron chi connectivity index (χ2n) is 4.02. The van der Waals surface area contributed by atoms with Gasteiger partial charge in [0.1, 0.15) is 17.3 Å². The summed E-state index contributed by atoms with van der Waals surface area (Å²) in [6.45, 7) is 0. The Balaban J connectivity index is 2.54. The van der Waals surface area contributed by atoms with Crippen LogP contribution in [0.4, 0.5) is 4.39 Å². The summed E-state index contributed by atoms with van der Waals surface area (Å²) in [5.41, 5.74) is 0.108. The quantitative estimate of drug-likeness (QED) is 0.806. The molecule has 0 aliphatic heterocycles. The Morgan fingerprint density at radius 2 is 1.80 bits per heavy atom. The minimum Gasteiger partial charge on any atom is -0.497 e. The highest BCUT2D eigenvalue weighted by Gasteiger charge is 2.19.